The van der Waals surface area contributed by atoms with Crippen LogP contribution in [0.2, 0.25) is 0 Å². The van der Waals surface area contributed by atoms with E-state index in [0.29, 0.717) is 6.04 Å². The fourth-order valence-electron chi connectivity index (χ4n) is 2.59. The molecule has 96 valence electrons. The van der Waals surface area contributed by atoms with E-state index in [4.69, 9.17) is 0 Å². The molecule has 1 aromatic carbocycles. The lowest BCUT2D eigenvalue weighted by Crippen LogP contribution is -2.51. The Bertz CT molecular complexity index is 463. The van der Waals surface area contributed by atoms with Gasteiger partial charge in [-0.2, -0.15) is 5.26 Å². The second-order valence-electron chi connectivity index (χ2n) is 5.47. The molecule has 0 spiro atoms. The number of hydrogen-bond donors (Lipinski definition) is 1. The number of rotatable bonds is 2. The second-order valence-corrected chi connectivity index (χ2v) is 5.47. The third-order valence-electron chi connectivity index (χ3n) is 3.90. The van der Waals surface area contributed by atoms with Crippen molar-refractivity contribution in [3.8, 4) is 6.07 Å². The zero-order valence-corrected chi connectivity index (χ0v) is 11.4. The Kier molecular flexibility index (Phi) is 3.58. The zero-order chi connectivity index (χ0) is 13.2. The normalized spacial score (nSPS) is 28.7. The summed E-state index contributed by atoms with van der Waals surface area (Å²) in [5.74, 6) is 0. The molecule has 3 nitrogen and oxygen atoms in total. The van der Waals surface area contributed by atoms with Crippen molar-refractivity contribution in [1.82, 2.24) is 4.90 Å². The van der Waals surface area contributed by atoms with E-state index in [2.05, 4.69) is 49.3 Å². The molecule has 1 fully saturated rings. The molecular weight excluding hydrogens is 222 g/mol. The predicted octanol–water partition coefficient (Wildman–Crippen LogP) is 2.78. The van der Waals surface area contributed by atoms with Gasteiger partial charge >= 0.3 is 0 Å². The maximum Gasteiger partial charge on any atom is 0.128 e. The lowest BCUT2D eigenvalue weighted by atomic mass is 9.85. The van der Waals surface area contributed by atoms with Crippen LogP contribution in [0.4, 0.5) is 5.69 Å². The molecule has 1 aliphatic rings. The summed E-state index contributed by atoms with van der Waals surface area (Å²) in [5, 5.41) is 13.0. The minimum atomic E-state index is -0.417. The fraction of sp³-hybridized carbons (Fsp3) is 0.533. The quantitative estimate of drug-likeness (QED) is 0.868. The Hall–Kier alpha value is -1.53. The molecule has 18 heavy (non-hydrogen) atoms. The van der Waals surface area contributed by atoms with Crippen LogP contribution < -0.4 is 5.32 Å². The van der Waals surface area contributed by atoms with E-state index >= 15 is 0 Å². The summed E-state index contributed by atoms with van der Waals surface area (Å²) < 4.78 is 0. The van der Waals surface area contributed by atoms with Crippen molar-refractivity contribution in [2.24, 2.45) is 0 Å². The standard InChI is InChI=1S/C15H21N3/c1-12-5-4-6-14(9-12)17-15(11-16)7-8-18(3)13(2)10-15/h4-6,9,13,17H,7-8,10H2,1-3H3. The number of aryl methyl sites for hydroxylation is 1. The Labute approximate surface area is 109 Å². The van der Waals surface area contributed by atoms with E-state index < -0.39 is 5.54 Å². The van der Waals surface area contributed by atoms with Crippen LogP contribution in [0, 0.1) is 18.3 Å². The van der Waals surface area contributed by atoms with Gasteiger partial charge in [0, 0.05) is 18.3 Å². The molecule has 3 heteroatoms. The van der Waals surface area contributed by atoms with Gasteiger partial charge in [-0.1, -0.05) is 12.1 Å². The highest BCUT2D eigenvalue weighted by Gasteiger charge is 2.37. The van der Waals surface area contributed by atoms with Gasteiger partial charge in [-0.15, -0.1) is 0 Å². The Morgan fingerprint density at radius 3 is 2.89 bits per heavy atom. The van der Waals surface area contributed by atoms with Gasteiger partial charge in [-0.25, -0.2) is 0 Å². The van der Waals surface area contributed by atoms with Crippen LogP contribution in [0.3, 0.4) is 0 Å². The van der Waals surface area contributed by atoms with Crippen LogP contribution in [-0.2, 0) is 0 Å². The summed E-state index contributed by atoms with van der Waals surface area (Å²) in [6, 6.07) is 11.2. The van der Waals surface area contributed by atoms with Crippen molar-refractivity contribution in [2.75, 3.05) is 18.9 Å². The summed E-state index contributed by atoms with van der Waals surface area (Å²) in [4.78, 5) is 2.31. The molecule has 1 N–H and O–H groups in total. The van der Waals surface area contributed by atoms with Crippen molar-refractivity contribution in [3.63, 3.8) is 0 Å². The number of anilines is 1. The smallest absolute Gasteiger partial charge is 0.128 e. The molecule has 2 rings (SSSR count). The molecule has 1 aliphatic heterocycles. The van der Waals surface area contributed by atoms with Gasteiger partial charge in [0.1, 0.15) is 5.54 Å². The molecule has 0 amide bonds. The summed E-state index contributed by atoms with van der Waals surface area (Å²) in [7, 11) is 2.12. The highest BCUT2D eigenvalue weighted by atomic mass is 15.2. The van der Waals surface area contributed by atoms with Crippen molar-refractivity contribution in [1.29, 1.82) is 5.26 Å². The third-order valence-corrected chi connectivity index (χ3v) is 3.90. The lowest BCUT2D eigenvalue weighted by molar-refractivity contribution is 0.167. The summed E-state index contributed by atoms with van der Waals surface area (Å²) in [5.41, 5.74) is 1.85. The number of likely N-dealkylation sites (tertiary alicyclic amines) is 1. The van der Waals surface area contributed by atoms with Crippen molar-refractivity contribution in [3.05, 3.63) is 29.8 Å². The first-order valence-electron chi connectivity index (χ1n) is 6.51. The zero-order valence-electron chi connectivity index (χ0n) is 11.4. The average Bonchev–Trinajstić information content (AvgIpc) is 2.34. The van der Waals surface area contributed by atoms with Gasteiger partial charge in [0.05, 0.1) is 6.07 Å². The molecule has 1 aromatic rings. The molecule has 0 radical (unpaired) electrons. The van der Waals surface area contributed by atoms with Gasteiger partial charge in [0.2, 0.25) is 0 Å². The van der Waals surface area contributed by atoms with E-state index in [1.807, 2.05) is 12.1 Å². The number of nitrogens with one attached hydrogen (secondary N) is 1. The molecule has 2 unspecified atom stereocenters. The highest BCUT2D eigenvalue weighted by Crippen LogP contribution is 2.29. The molecule has 0 aliphatic carbocycles. The van der Waals surface area contributed by atoms with E-state index in [0.717, 1.165) is 25.1 Å². The van der Waals surface area contributed by atoms with Crippen LogP contribution in [0.1, 0.15) is 25.3 Å². The number of nitrogens with zero attached hydrogens (tertiary/aromatic N) is 2. The van der Waals surface area contributed by atoms with E-state index in [1.165, 1.54) is 5.56 Å². The summed E-state index contributed by atoms with van der Waals surface area (Å²) in [6.45, 7) is 5.22. The summed E-state index contributed by atoms with van der Waals surface area (Å²) >= 11 is 0. The Morgan fingerprint density at radius 2 is 2.28 bits per heavy atom. The SMILES string of the molecule is Cc1cccc(NC2(C#N)CCN(C)C(C)C2)c1. The largest absolute Gasteiger partial charge is 0.367 e. The monoisotopic (exact) mass is 243 g/mol. The van der Waals surface area contributed by atoms with Crippen molar-refractivity contribution < 1.29 is 0 Å². The molecule has 1 saturated heterocycles. The molecular formula is C15H21N3. The first-order valence-corrected chi connectivity index (χ1v) is 6.51. The third kappa shape index (κ3) is 2.65. The lowest BCUT2D eigenvalue weighted by Gasteiger charge is -2.41. The van der Waals surface area contributed by atoms with Crippen LogP contribution in [0.5, 0.6) is 0 Å². The van der Waals surface area contributed by atoms with Gasteiger partial charge in [-0.05, 0) is 51.4 Å². The van der Waals surface area contributed by atoms with Crippen LogP contribution in [0.25, 0.3) is 0 Å². The minimum absolute atomic E-state index is 0.417. The van der Waals surface area contributed by atoms with Crippen molar-refractivity contribution >= 4 is 5.69 Å². The molecule has 1 heterocycles. The molecule has 0 bridgehead atoms. The topological polar surface area (TPSA) is 39.1 Å². The number of hydrogen-bond acceptors (Lipinski definition) is 3. The first kappa shape index (κ1) is 12.9. The van der Waals surface area contributed by atoms with E-state index in [1.54, 1.807) is 0 Å². The predicted molar refractivity (Wildman–Crippen MR) is 74.5 cm³/mol. The van der Waals surface area contributed by atoms with Crippen LogP contribution in [-0.4, -0.2) is 30.1 Å². The average molecular weight is 243 g/mol. The number of benzene rings is 1. The maximum atomic E-state index is 9.55. The van der Waals surface area contributed by atoms with Crippen LogP contribution >= 0.6 is 0 Å². The van der Waals surface area contributed by atoms with Gasteiger partial charge in [0.25, 0.3) is 0 Å². The number of nitriles is 1. The van der Waals surface area contributed by atoms with Gasteiger partial charge in [-0.3, -0.25) is 0 Å². The minimum Gasteiger partial charge on any atom is -0.367 e. The van der Waals surface area contributed by atoms with Gasteiger partial charge in [0.15, 0.2) is 0 Å². The van der Waals surface area contributed by atoms with E-state index in [9.17, 15) is 5.26 Å². The Balaban J connectivity index is 2.17. The second kappa shape index (κ2) is 4.99. The molecule has 0 aromatic heterocycles. The van der Waals surface area contributed by atoms with Gasteiger partial charge < -0.3 is 10.2 Å². The Morgan fingerprint density at radius 1 is 1.50 bits per heavy atom. The first-order chi connectivity index (χ1) is 8.54. The molecule has 2 atom stereocenters. The van der Waals surface area contributed by atoms with E-state index in [-0.39, 0.29) is 0 Å². The highest BCUT2D eigenvalue weighted by molar-refractivity contribution is 5.49. The molecule has 0 saturated carbocycles. The maximum absolute atomic E-state index is 9.55. The van der Waals surface area contributed by atoms with Crippen LogP contribution in [0.15, 0.2) is 24.3 Å². The fourth-order valence-corrected chi connectivity index (χ4v) is 2.59. The van der Waals surface area contributed by atoms with Crippen molar-refractivity contribution in [2.45, 2.75) is 38.3 Å². The summed E-state index contributed by atoms with van der Waals surface area (Å²) in [6.07, 6.45) is 1.74. The number of piperidine rings is 1.